The molecule has 0 aliphatic carbocycles. The molecular formula is C16H19BrFN3. The zero-order valence-electron chi connectivity index (χ0n) is 12.5. The van der Waals surface area contributed by atoms with Gasteiger partial charge >= 0.3 is 0 Å². The fourth-order valence-electron chi connectivity index (χ4n) is 2.00. The van der Waals surface area contributed by atoms with E-state index in [-0.39, 0.29) is 5.82 Å². The maximum Gasteiger partial charge on any atom is 0.161 e. The van der Waals surface area contributed by atoms with Crippen LogP contribution in [0, 0.1) is 12.7 Å². The van der Waals surface area contributed by atoms with Crippen LogP contribution in [0.3, 0.4) is 0 Å². The average Bonchev–Trinajstić information content (AvgIpc) is 2.49. The summed E-state index contributed by atoms with van der Waals surface area (Å²) in [6, 6.07) is 4.96. The second-order valence-corrected chi connectivity index (χ2v) is 5.69. The van der Waals surface area contributed by atoms with Crippen molar-refractivity contribution in [2.75, 3.05) is 11.9 Å². The summed E-state index contributed by atoms with van der Waals surface area (Å²) < 4.78 is 14.3. The van der Waals surface area contributed by atoms with E-state index in [0.717, 1.165) is 40.9 Å². The van der Waals surface area contributed by atoms with Crippen LogP contribution in [0.25, 0.3) is 11.4 Å². The summed E-state index contributed by atoms with van der Waals surface area (Å²) in [5.41, 5.74) is 2.37. The number of benzene rings is 1. The molecule has 5 heteroatoms. The van der Waals surface area contributed by atoms with Crippen LogP contribution in [0.2, 0.25) is 0 Å². The number of hydrogen-bond donors (Lipinski definition) is 1. The van der Waals surface area contributed by atoms with Crippen molar-refractivity contribution in [3.05, 3.63) is 39.7 Å². The summed E-state index contributed by atoms with van der Waals surface area (Å²) in [5.74, 6) is 1.20. The van der Waals surface area contributed by atoms with Gasteiger partial charge in [-0.2, -0.15) is 0 Å². The van der Waals surface area contributed by atoms with Crippen molar-refractivity contribution in [2.45, 2.75) is 33.6 Å². The molecule has 0 unspecified atom stereocenters. The third-order valence-electron chi connectivity index (χ3n) is 3.21. The third-order valence-corrected chi connectivity index (χ3v) is 4.05. The van der Waals surface area contributed by atoms with Crippen LogP contribution < -0.4 is 5.32 Å². The number of aromatic nitrogens is 2. The average molecular weight is 352 g/mol. The molecule has 1 aromatic heterocycles. The monoisotopic (exact) mass is 351 g/mol. The van der Waals surface area contributed by atoms with E-state index in [9.17, 15) is 4.39 Å². The first-order valence-corrected chi connectivity index (χ1v) is 7.92. The van der Waals surface area contributed by atoms with Gasteiger partial charge in [-0.1, -0.05) is 13.8 Å². The SMILES string of the molecule is CCCNc1nc(-c2ccc(F)c(C)c2)nc(CC)c1Br. The molecule has 0 aliphatic rings. The van der Waals surface area contributed by atoms with Crippen molar-refractivity contribution in [3.8, 4) is 11.4 Å². The molecule has 112 valence electrons. The molecule has 0 radical (unpaired) electrons. The Morgan fingerprint density at radius 2 is 2.00 bits per heavy atom. The minimum atomic E-state index is -0.212. The lowest BCUT2D eigenvalue weighted by atomic mass is 10.1. The first kappa shape index (κ1) is 15.9. The molecule has 0 saturated heterocycles. The van der Waals surface area contributed by atoms with Gasteiger partial charge < -0.3 is 5.32 Å². The molecule has 1 aromatic carbocycles. The molecule has 0 bridgehead atoms. The van der Waals surface area contributed by atoms with Crippen LogP contribution in [0.4, 0.5) is 10.2 Å². The van der Waals surface area contributed by atoms with Crippen molar-refractivity contribution in [1.29, 1.82) is 0 Å². The molecule has 1 heterocycles. The molecule has 2 rings (SSSR count). The Kier molecular flexibility index (Phi) is 5.28. The fraction of sp³-hybridized carbons (Fsp3) is 0.375. The van der Waals surface area contributed by atoms with E-state index in [2.05, 4.69) is 45.1 Å². The van der Waals surface area contributed by atoms with Crippen molar-refractivity contribution in [3.63, 3.8) is 0 Å². The van der Waals surface area contributed by atoms with Crippen LogP contribution in [0.5, 0.6) is 0 Å². The van der Waals surface area contributed by atoms with Crippen LogP contribution in [0.1, 0.15) is 31.5 Å². The number of aryl methyl sites for hydroxylation is 2. The lowest BCUT2D eigenvalue weighted by Crippen LogP contribution is -2.07. The summed E-state index contributed by atoms with van der Waals surface area (Å²) in [6.07, 6.45) is 1.82. The molecule has 0 aliphatic heterocycles. The molecule has 0 fully saturated rings. The highest BCUT2D eigenvalue weighted by molar-refractivity contribution is 9.10. The Morgan fingerprint density at radius 1 is 1.24 bits per heavy atom. The Hall–Kier alpha value is -1.49. The zero-order valence-corrected chi connectivity index (χ0v) is 14.1. The summed E-state index contributed by atoms with van der Waals surface area (Å²) in [4.78, 5) is 9.15. The van der Waals surface area contributed by atoms with Gasteiger partial charge in [0.15, 0.2) is 5.82 Å². The third kappa shape index (κ3) is 3.59. The van der Waals surface area contributed by atoms with Gasteiger partial charge in [-0.3, -0.25) is 0 Å². The van der Waals surface area contributed by atoms with Crippen molar-refractivity contribution in [2.24, 2.45) is 0 Å². The van der Waals surface area contributed by atoms with Gasteiger partial charge in [-0.05, 0) is 59.5 Å². The second-order valence-electron chi connectivity index (χ2n) is 4.90. The lowest BCUT2D eigenvalue weighted by molar-refractivity contribution is 0.618. The topological polar surface area (TPSA) is 37.8 Å². The summed E-state index contributed by atoms with van der Waals surface area (Å²) in [7, 11) is 0. The summed E-state index contributed by atoms with van der Waals surface area (Å²) in [5, 5.41) is 3.30. The predicted octanol–water partition coefficient (Wildman–Crippen LogP) is 4.74. The second kappa shape index (κ2) is 6.98. The van der Waals surface area contributed by atoms with E-state index < -0.39 is 0 Å². The van der Waals surface area contributed by atoms with Gasteiger partial charge in [-0.15, -0.1) is 0 Å². The minimum absolute atomic E-state index is 0.212. The van der Waals surface area contributed by atoms with Crippen molar-refractivity contribution >= 4 is 21.7 Å². The molecule has 0 saturated carbocycles. The number of hydrogen-bond acceptors (Lipinski definition) is 3. The number of nitrogens with one attached hydrogen (secondary N) is 1. The number of rotatable bonds is 5. The van der Waals surface area contributed by atoms with E-state index in [1.165, 1.54) is 6.07 Å². The van der Waals surface area contributed by atoms with Gasteiger partial charge in [0.1, 0.15) is 11.6 Å². The van der Waals surface area contributed by atoms with Crippen LogP contribution in [-0.2, 0) is 6.42 Å². The number of halogens is 2. The largest absolute Gasteiger partial charge is 0.369 e. The smallest absolute Gasteiger partial charge is 0.161 e. The first-order chi connectivity index (χ1) is 10.1. The molecule has 21 heavy (non-hydrogen) atoms. The van der Waals surface area contributed by atoms with Crippen LogP contribution in [-0.4, -0.2) is 16.5 Å². The minimum Gasteiger partial charge on any atom is -0.369 e. The quantitative estimate of drug-likeness (QED) is 0.845. The van der Waals surface area contributed by atoms with Gasteiger partial charge in [0, 0.05) is 12.1 Å². The first-order valence-electron chi connectivity index (χ1n) is 7.13. The fourth-order valence-corrected chi connectivity index (χ4v) is 2.60. The Morgan fingerprint density at radius 3 is 2.62 bits per heavy atom. The summed E-state index contributed by atoms with van der Waals surface area (Å²) >= 11 is 3.56. The molecule has 1 N–H and O–H groups in total. The van der Waals surface area contributed by atoms with Crippen molar-refractivity contribution < 1.29 is 4.39 Å². The molecule has 3 nitrogen and oxygen atoms in total. The van der Waals surface area contributed by atoms with E-state index in [1.54, 1.807) is 19.1 Å². The van der Waals surface area contributed by atoms with Crippen molar-refractivity contribution in [1.82, 2.24) is 9.97 Å². The molecule has 2 aromatic rings. The molecule has 0 spiro atoms. The number of nitrogens with zero attached hydrogens (tertiary/aromatic N) is 2. The molecule has 0 amide bonds. The van der Waals surface area contributed by atoms with E-state index in [0.29, 0.717) is 11.4 Å². The Bertz CT molecular complexity index is 644. The van der Waals surface area contributed by atoms with E-state index in [1.807, 2.05) is 0 Å². The predicted molar refractivity (Wildman–Crippen MR) is 88.0 cm³/mol. The summed E-state index contributed by atoms with van der Waals surface area (Å²) in [6.45, 7) is 6.75. The van der Waals surface area contributed by atoms with E-state index >= 15 is 0 Å². The molecular weight excluding hydrogens is 333 g/mol. The van der Waals surface area contributed by atoms with Gasteiger partial charge in [0.25, 0.3) is 0 Å². The highest BCUT2D eigenvalue weighted by atomic mass is 79.9. The lowest BCUT2D eigenvalue weighted by Gasteiger charge is -2.12. The number of anilines is 1. The maximum atomic E-state index is 13.4. The Labute approximate surface area is 133 Å². The van der Waals surface area contributed by atoms with E-state index in [4.69, 9.17) is 0 Å². The normalized spacial score (nSPS) is 10.7. The highest BCUT2D eigenvalue weighted by Crippen LogP contribution is 2.28. The Balaban J connectivity index is 2.49. The van der Waals surface area contributed by atoms with Gasteiger partial charge in [0.2, 0.25) is 0 Å². The molecule has 0 atom stereocenters. The van der Waals surface area contributed by atoms with Crippen LogP contribution in [0.15, 0.2) is 22.7 Å². The standard InChI is InChI=1S/C16H19BrFN3/c1-4-8-19-16-14(17)13(5-2)20-15(21-16)11-6-7-12(18)10(3)9-11/h6-7,9H,4-5,8H2,1-3H3,(H,19,20,21). The van der Waals surface area contributed by atoms with Gasteiger partial charge in [0.05, 0.1) is 10.2 Å². The zero-order chi connectivity index (χ0) is 15.4. The van der Waals surface area contributed by atoms with Gasteiger partial charge in [-0.25, -0.2) is 14.4 Å². The highest BCUT2D eigenvalue weighted by Gasteiger charge is 2.13. The van der Waals surface area contributed by atoms with Crippen LogP contribution >= 0.6 is 15.9 Å². The maximum absolute atomic E-state index is 13.4.